The molecule has 0 aromatic rings. The van der Waals surface area contributed by atoms with Crippen molar-refractivity contribution < 1.29 is 31.0 Å². The summed E-state index contributed by atoms with van der Waals surface area (Å²) < 4.78 is 6.50. The highest BCUT2D eigenvalue weighted by Crippen LogP contribution is 2.15. The summed E-state index contributed by atoms with van der Waals surface area (Å²) in [5.74, 6) is 0.532. The smallest absolute Gasteiger partial charge is 0.311 e. The molecule has 0 aliphatic heterocycles. The minimum absolute atomic E-state index is 0. The SMILES string of the molecule is CCCCCCCCCCCCCCCCCC[N+](C)(C)CCC(=O)OCC(CC)CCCC.[Br-]. The van der Waals surface area contributed by atoms with Crippen LogP contribution in [-0.4, -0.2) is 44.2 Å². The molecule has 0 rings (SSSR count). The largest absolute Gasteiger partial charge is 1.00 e. The summed E-state index contributed by atoms with van der Waals surface area (Å²) in [5, 5.41) is 0. The van der Waals surface area contributed by atoms with Gasteiger partial charge in [-0.25, -0.2) is 0 Å². The van der Waals surface area contributed by atoms with E-state index in [1.54, 1.807) is 0 Å². The Morgan fingerprint density at radius 3 is 1.49 bits per heavy atom. The Hall–Kier alpha value is -0.0900. The molecule has 0 bridgehead atoms. The summed E-state index contributed by atoms with van der Waals surface area (Å²) in [5.41, 5.74) is 0. The van der Waals surface area contributed by atoms with Gasteiger partial charge in [-0.1, -0.05) is 130 Å². The molecule has 0 amide bonds. The summed E-state index contributed by atoms with van der Waals surface area (Å²) >= 11 is 0. The Bertz CT molecular complexity index is 442. The fraction of sp³-hybridized carbons (Fsp3) is 0.968. The van der Waals surface area contributed by atoms with Crippen molar-refractivity contribution in [3.8, 4) is 0 Å². The number of carbonyl (C=O) groups is 1. The molecule has 0 N–H and O–H groups in total. The van der Waals surface area contributed by atoms with Crippen LogP contribution in [0, 0.1) is 5.92 Å². The van der Waals surface area contributed by atoms with E-state index in [1.165, 1.54) is 129 Å². The molecule has 3 nitrogen and oxygen atoms in total. The van der Waals surface area contributed by atoms with E-state index in [0.29, 0.717) is 18.9 Å². The normalized spacial score (nSPS) is 12.4. The zero-order valence-corrected chi connectivity index (χ0v) is 26.3. The molecule has 0 fully saturated rings. The molecule has 35 heavy (non-hydrogen) atoms. The Morgan fingerprint density at radius 1 is 0.629 bits per heavy atom. The van der Waals surface area contributed by atoms with Gasteiger partial charge in [0.05, 0.1) is 40.2 Å². The van der Waals surface area contributed by atoms with Crippen LogP contribution in [0.25, 0.3) is 0 Å². The second-order valence-electron chi connectivity index (χ2n) is 11.5. The van der Waals surface area contributed by atoms with Gasteiger partial charge in [0.15, 0.2) is 0 Å². The first-order valence-electron chi connectivity index (χ1n) is 15.4. The number of esters is 1. The zero-order valence-electron chi connectivity index (χ0n) is 24.7. The van der Waals surface area contributed by atoms with Gasteiger partial charge in [0.25, 0.3) is 0 Å². The summed E-state index contributed by atoms with van der Waals surface area (Å²) in [4.78, 5) is 12.2. The maximum absolute atomic E-state index is 12.2. The first-order valence-corrected chi connectivity index (χ1v) is 15.4. The Kier molecular flexibility index (Phi) is 28.5. The molecule has 0 aromatic carbocycles. The summed E-state index contributed by atoms with van der Waals surface area (Å²) in [6.07, 6.45) is 27.9. The molecule has 0 saturated heterocycles. The van der Waals surface area contributed by atoms with Crippen LogP contribution in [0.4, 0.5) is 0 Å². The lowest BCUT2D eigenvalue weighted by atomic mass is 10.0. The number of ether oxygens (including phenoxy) is 1. The lowest BCUT2D eigenvalue weighted by Gasteiger charge is -2.29. The molecule has 1 atom stereocenters. The average molecular weight is 563 g/mol. The van der Waals surface area contributed by atoms with E-state index in [9.17, 15) is 4.79 Å². The third-order valence-electron chi connectivity index (χ3n) is 7.56. The Balaban J connectivity index is 0. The molecular weight excluding hydrogens is 498 g/mol. The van der Waals surface area contributed by atoms with E-state index in [1.807, 2.05) is 0 Å². The molecule has 4 heteroatoms. The van der Waals surface area contributed by atoms with Crippen LogP contribution < -0.4 is 17.0 Å². The highest BCUT2D eigenvalue weighted by Gasteiger charge is 2.18. The van der Waals surface area contributed by atoms with Crippen molar-refractivity contribution >= 4 is 5.97 Å². The Morgan fingerprint density at radius 2 is 1.06 bits per heavy atom. The van der Waals surface area contributed by atoms with Crippen molar-refractivity contribution in [1.29, 1.82) is 0 Å². The average Bonchev–Trinajstić information content (AvgIpc) is 2.82. The highest BCUT2D eigenvalue weighted by molar-refractivity contribution is 5.69. The summed E-state index contributed by atoms with van der Waals surface area (Å²) in [7, 11) is 4.52. The lowest BCUT2D eigenvalue weighted by Crippen LogP contribution is -3.00. The molecule has 212 valence electrons. The van der Waals surface area contributed by atoms with Gasteiger partial charge in [-0.2, -0.15) is 0 Å². The molecule has 1 unspecified atom stereocenters. The van der Waals surface area contributed by atoms with Gasteiger partial charge in [0, 0.05) is 0 Å². The lowest BCUT2D eigenvalue weighted by molar-refractivity contribution is -0.890. The van der Waals surface area contributed by atoms with Gasteiger partial charge in [-0.05, 0) is 25.2 Å². The number of hydrogen-bond donors (Lipinski definition) is 0. The van der Waals surface area contributed by atoms with Gasteiger partial charge in [0.2, 0.25) is 0 Å². The van der Waals surface area contributed by atoms with E-state index >= 15 is 0 Å². The predicted octanol–water partition coefficient (Wildman–Crippen LogP) is 6.48. The van der Waals surface area contributed by atoms with Crippen LogP contribution in [0.5, 0.6) is 0 Å². The second kappa shape index (κ2) is 27.0. The second-order valence-corrected chi connectivity index (χ2v) is 11.5. The molecule has 0 saturated carbocycles. The van der Waals surface area contributed by atoms with E-state index in [0.717, 1.165) is 17.4 Å². The first-order chi connectivity index (χ1) is 16.4. The highest BCUT2D eigenvalue weighted by atomic mass is 79.9. The number of quaternary nitrogens is 1. The third-order valence-corrected chi connectivity index (χ3v) is 7.56. The molecule has 0 radical (unpaired) electrons. The van der Waals surface area contributed by atoms with Crippen molar-refractivity contribution in [2.75, 3.05) is 33.8 Å². The first kappa shape index (κ1) is 37.1. The van der Waals surface area contributed by atoms with Crippen molar-refractivity contribution in [3.63, 3.8) is 0 Å². The third kappa shape index (κ3) is 26.8. The summed E-state index contributed by atoms with van der Waals surface area (Å²) in [6.45, 7) is 9.38. The molecule has 0 spiro atoms. The van der Waals surface area contributed by atoms with Crippen LogP contribution >= 0.6 is 0 Å². The number of halogens is 1. The van der Waals surface area contributed by atoms with Crippen LogP contribution in [0.1, 0.15) is 156 Å². The monoisotopic (exact) mass is 561 g/mol. The fourth-order valence-corrected chi connectivity index (χ4v) is 4.77. The number of carbonyl (C=O) groups excluding carboxylic acids is 1. The fourth-order valence-electron chi connectivity index (χ4n) is 4.77. The molecule has 0 heterocycles. The standard InChI is InChI=1S/C31H64NO2.BrH/c1-6-9-11-12-13-14-15-16-17-18-19-20-21-22-23-24-27-32(4,5)28-26-31(33)34-29-30(8-3)25-10-7-2;/h30H,6-29H2,1-5H3;1H/q+1;/p-1. The van der Waals surface area contributed by atoms with Crippen LogP contribution in [-0.2, 0) is 9.53 Å². The zero-order chi connectivity index (χ0) is 25.3. The topological polar surface area (TPSA) is 26.3 Å². The van der Waals surface area contributed by atoms with E-state index in [2.05, 4.69) is 34.9 Å². The number of nitrogens with zero attached hydrogens (tertiary/aromatic N) is 1. The molecule has 0 aromatic heterocycles. The van der Waals surface area contributed by atoms with Gasteiger partial charge < -0.3 is 26.2 Å². The van der Waals surface area contributed by atoms with Gasteiger partial charge in [-0.15, -0.1) is 0 Å². The van der Waals surface area contributed by atoms with Gasteiger partial charge in [-0.3, -0.25) is 4.79 Å². The van der Waals surface area contributed by atoms with Crippen molar-refractivity contribution in [2.45, 2.75) is 156 Å². The number of unbranched alkanes of at least 4 members (excludes halogenated alkanes) is 16. The maximum Gasteiger partial charge on any atom is 0.311 e. The van der Waals surface area contributed by atoms with Crippen LogP contribution in [0.3, 0.4) is 0 Å². The summed E-state index contributed by atoms with van der Waals surface area (Å²) in [6, 6.07) is 0. The number of rotatable bonds is 26. The maximum atomic E-state index is 12.2. The van der Waals surface area contributed by atoms with Crippen LogP contribution in [0.2, 0.25) is 0 Å². The molecular formula is C31H64BrNO2. The minimum Gasteiger partial charge on any atom is -1.00 e. The van der Waals surface area contributed by atoms with Crippen LogP contribution in [0.15, 0.2) is 0 Å². The quantitative estimate of drug-likeness (QED) is 0.0686. The van der Waals surface area contributed by atoms with Gasteiger partial charge >= 0.3 is 5.97 Å². The van der Waals surface area contributed by atoms with Crippen molar-refractivity contribution in [1.82, 2.24) is 0 Å². The molecule has 0 aliphatic carbocycles. The van der Waals surface area contributed by atoms with Crippen molar-refractivity contribution in [2.24, 2.45) is 5.92 Å². The predicted molar refractivity (Wildman–Crippen MR) is 150 cm³/mol. The van der Waals surface area contributed by atoms with E-state index in [4.69, 9.17) is 4.74 Å². The van der Waals surface area contributed by atoms with E-state index in [-0.39, 0.29) is 23.0 Å². The van der Waals surface area contributed by atoms with Gasteiger partial charge in [0.1, 0.15) is 0 Å². The molecule has 0 aliphatic rings. The number of hydrogen-bond acceptors (Lipinski definition) is 2. The minimum atomic E-state index is -0.00637. The van der Waals surface area contributed by atoms with Crippen molar-refractivity contribution in [3.05, 3.63) is 0 Å². The van der Waals surface area contributed by atoms with E-state index < -0.39 is 0 Å². The Labute approximate surface area is 231 Å².